The SMILES string of the molecule is CCc1c(C2CCCCN2)cc2c(c1Cl)OCCO2. The van der Waals surface area contributed by atoms with Crippen LogP contribution in [0.5, 0.6) is 11.5 Å². The molecule has 19 heavy (non-hydrogen) atoms. The highest BCUT2D eigenvalue weighted by Gasteiger charge is 2.25. The van der Waals surface area contributed by atoms with Crippen molar-refractivity contribution in [2.45, 2.75) is 38.6 Å². The average molecular weight is 282 g/mol. The van der Waals surface area contributed by atoms with Crippen LogP contribution in [0.25, 0.3) is 0 Å². The van der Waals surface area contributed by atoms with Gasteiger partial charge in [-0.25, -0.2) is 0 Å². The first kappa shape index (κ1) is 13.1. The molecule has 0 spiro atoms. The summed E-state index contributed by atoms with van der Waals surface area (Å²) in [5.74, 6) is 1.53. The second-order valence-corrected chi connectivity index (χ2v) is 5.52. The minimum atomic E-state index is 0.400. The summed E-state index contributed by atoms with van der Waals surface area (Å²) in [4.78, 5) is 0. The quantitative estimate of drug-likeness (QED) is 0.900. The summed E-state index contributed by atoms with van der Waals surface area (Å²) in [5, 5.41) is 4.33. The minimum Gasteiger partial charge on any atom is -0.486 e. The molecule has 1 fully saturated rings. The normalized spacial score (nSPS) is 22.3. The Labute approximate surface area is 119 Å². The second kappa shape index (κ2) is 5.59. The van der Waals surface area contributed by atoms with Crippen molar-refractivity contribution in [1.29, 1.82) is 0 Å². The van der Waals surface area contributed by atoms with Crippen molar-refractivity contribution < 1.29 is 9.47 Å². The van der Waals surface area contributed by atoms with Crippen molar-refractivity contribution in [3.8, 4) is 11.5 Å². The molecule has 0 amide bonds. The van der Waals surface area contributed by atoms with E-state index in [0.717, 1.165) is 29.5 Å². The van der Waals surface area contributed by atoms with Crippen molar-refractivity contribution in [3.63, 3.8) is 0 Å². The van der Waals surface area contributed by atoms with Gasteiger partial charge in [0.1, 0.15) is 13.2 Å². The van der Waals surface area contributed by atoms with Crippen molar-refractivity contribution in [1.82, 2.24) is 5.32 Å². The molecule has 0 radical (unpaired) electrons. The summed E-state index contributed by atoms with van der Waals surface area (Å²) in [6.07, 6.45) is 4.62. The third-order valence-electron chi connectivity index (χ3n) is 3.95. The predicted octanol–water partition coefficient (Wildman–Crippen LogP) is 3.49. The zero-order chi connectivity index (χ0) is 13.2. The number of ether oxygens (including phenoxy) is 2. The molecule has 3 nitrogen and oxygen atoms in total. The Morgan fingerprint density at radius 3 is 2.89 bits per heavy atom. The van der Waals surface area contributed by atoms with Crippen LogP contribution in [0.1, 0.15) is 43.4 Å². The Morgan fingerprint density at radius 2 is 2.16 bits per heavy atom. The lowest BCUT2D eigenvalue weighted by Crippen LogP contribution is -2.28. The van der Waals surface area contributed by atoms with Gasteiger partial charge in [0.25, 0.3) is 0 Å². The standard InChI is InChI=1S/C15H20ClNO2/c1-2-10-11(12-5-3-4-6-17-12)9-13-15(14(10)16)19-8-7-18-13/h9,12,17H,2-8H2,1H3. The van der Waals surface area contributed by atoms with Gasteiger partial charge >= 0.3 is 0 Å². The van der Waals surface area contributed by atoms with E-state index in [0.29, 0.717) is 19.3 Å². The molecule has 104 valence electrons. The fraction of sp³-hybridized carbons (Fsp3) is 0.600. The fourth-order valence-electron chi connectivity index (χ4n) is 2.99. The van der Waals surface area contributed by atoms with Gasteiger partial charge in [-0.1, -0.05) is 24.9 Å². The smallest absolute Gasteiger partial charge is 0.180 e. The Kier molecular flexibility index (Phi) is 3.85. The Bertz CT molecular complexity index is 470. The third-order valence-corrected chi connectivity index (χ3v) is 4.35. The van der Waals surface area contributed by atoms with Gasteiger partial charge in [0, 0.05) is 6.04 Å². The number of fused-ring (bicyclic) bond motifs is 1. The molecule has 1 saturated heterocycles. The van der Waals surface area contributed by atoms with Gasteiger partial charge in [0.2, 0.25) is 0 Å². The van der Waals surface area contributed by atoms with Crippen LogP contribution >= 0.6 is 11.6 Å². The average Bonchev–Trinajstić information content (AvgIpc) is 2.48. The van der Waals surface area contributed by atoms with Crippen LogP contribution in [-0.2, 0) is 6.42 Å². The maximum atomic E-state index is 6.52. The summed E-state index contributed by atoms with van der Waals surface area (Å²) in [5.41, 5.74) is 2.49. The molecular weight excluding hydrogens is 262 g/mol. The summed E-state index contributed by atoms with van der Waals surface area (Å²) < 4.78 is 11.4. The topological polar surface area (TPSA) is 30.5 Å². The number of nitrogens with one attached hydrogen (secondary N) is 1. The molecule has 3 rings (SSSR count). The lowest BCUT2D eigenvalue weighted by atomic mass is 9.92. The van der Waals surface area contributed by atoms with E-state index in [9.17, 15) is 0 Å². The molecule has 1 aromatic rings. The van der Waals surface area contributed by atoms with Gasteiger partial charge in [-0.05, 0) is 43.0 Å². The molecule has 0 bridgehead atoms. The van der Waals surface area contributed by atoms with Crippen molar-refractivity contribution >= 4 is 11.6 Å². The van der Waals surface area contributed by atoms with Crippen LogP contribution in [0.4, 0.5) is 0 Å². The van der Waals surface area contributed by atoms with E-state index in [2.05, 4.69) is 18.3 Å². The summed E-state index contributed by atoms with van der Waals surface area (Å²) in [6.45, 7) is 4.41. The van der Waals surface area contributed by atoms with Crippen molar-refractivity contribution in [2.24, 2.45) is 0 Å². The van der Waals surface area contributed by atoms with Gasteiger partial charge in [-0.15, -0.1) is 0 Å². The first-order valence-electron chi connectivity index (χ1n) is 7.15. The van der Waals surface area contributed by atoms with Gasteiger partial charge in [0.15, 0.2) is 11.5 Å². The largest absolute Gasteiger partial charge is 0.486 e. The maximum absolute atomic E-state index is 6.52. The lowest BCUT2D eigenvalue weighted by Gasteiger charge is -2.29. The number of benzene rings is 1. The molecule has 1 atom stereocenters. The van der Waals surface area contributed by atoms with E-state index in [1.165, 1.54) is 30.4 Å². The lowest BCUT2D eigenvalue weighted by molar-refractivity contribution is 0.171. The first-order valence-corrected chi connectivity index (χ1v) is 7.53. The molecule has 2 heterocycles. The van der Waals surface area contributed by atoms with Gasteiger partial charge in [-0.2, -0.15) is 0 Å². The molecule has 2 aliphatic heterocycles. The monoisotopic (exact) mass is 281 g/mol. The number of piperidine rings is 1. The highest BCUT2D eigenvalue weighted by Crippen LogP contribution is 2.44. The minimum absolute atomic E-state index is 0.400. The van der Waals surface area contributed by atoms with E-state index in [-0.39, 0.29) is 0 Å². The highest BCUT2D eigenvalue weighted by atomic mass is 35.5. The number of hydrogen-bond acceptors (Lipinski definition) is 3. The van der Waals surface area contributed by atoms with Crippen LogP contribution in [0.15, 0.2) is 6.07 Å². The van der Waals surface area contributed by atoms with Gasteiger partial charge in [-0.3, -0.25) is 0 Å². The highest BCUT2D eigenvalue weighted by molar-refractivity contribution is 6.33. The second-order valence-electron chi connectivity index (χ2n) is 5.14. The van der Waals surface area contributed by atoms with Crippen LogP contribution in [-0.4, -0.2) is 19.8 Å². The van der Waals surface area contributed by atoms with Crippen molar-refractivity contribution in [2.75, 3.05) is 19.8 Å². The van der Waals surface area contributed by atoms with Gasteiger partial charge < -0.3 is 14.8 Å². The molecule has 2 aliphatic rings. The molecule has 1 unspecified atom stereocenters. The van der Waals surface area contributed by atoms with E-state index >= 15 is 0 Å². The Morgan fingerprint density at radius 1 is 1.32 bits per heavy atom. The van der Waals surface area contributed by atoms with E-state index in [1.807, 2.05) is 0 Å². The number of hydrogen-bond donors (Lipinski definition) is 1. The Balaban J connectivity index is 2.04. The molecular formula is C15H20ClNO2. The maximum Gasteiger partial charge on any atom is 0.180 e. The molecule has 0 saturated carbocycles. The molecule has 0 aromatic heterocycles. The van der Waals surface area contributed by atoms with Gasteiger partial charge in [0.05, 0.1) is 5.02 Å². The van der Waals surface area contributed by atoms with E-state index in [1.54, 1.807) is 0 Å². The van der Waals surface area contributed by atoms with E-state index < -0.39 is 0 Å². The Hall–Kier alpha value is -0.930. The first-order chi connectivity index (χ1) is 9.31. The van der Waals surface area contributed by atoms with Crippen molar-refractivity contribution in [3.05, 3.63) is 22.2 Å². The van der Waals surface area contributed by atoms with Crippen LogP contribution in [0, 0.1) is 0 Å². The predicted molar refractivity (Wildman–Crippen MR) is 76.4 cm³/mol. The van der Waals surface area contributed by atoms with Crippen LogP contribution < -0.4 is 14.8 Å². The van der Waals surface area contributed by atoms with E-state index in [4.69, 9.17) is 21.1 Å². The molecule has 0 aliphatic carbocycles. The summed E-state index contributed by atoms with van der Waals surface area (Å²) in [7, 11) is 0. The summed E-state index contributed by atoms with van der Waals surface area (Å²) in [6, 6.07) is 2.53. The number of halogens is 1. The fourth-order valence-corrected chi connectivity index (χ4v) is 3.38. The van der Waals surface area contributed by atoms with Crippen LogP contribution in [0.3, 0.4) is 0 Å². The molecule has 1 aromatic carbocycles. The molecule has 4 heteroatoms. The van der Waals surface area contributed by atoms with Crippen LogP contribution in [0.2, 0.25) is 5.02 Å². The zero-order valence-electron chi connectivity index (χ0n) is 11.3. The zero-order valence-corrected chi connectivity index (χ0v) is 12.1. The number of rotatable bonds is 2. The third kappa shape index (κ3) is 2.41. The molecule has 1 N–H and O–H groups in total. The summed E-state index contributed by atoms with van der Waals surface area (Å²) >= 11 is 6.52.